The molecule has 0 saturated carbocycles. The number of nitrogens with zero attached hydrogens (tertiary/aromatic N) is 2. The number of likely N-dealkylation sites (tertiary alicyclic amines) is 2. The van der Waals surface area contributed by atoms with Gasteiger partial charge in [-0.1, -0.05) is 30.7 Å². The summed E-state index contributed by atoms with van der Waals surface area (Å²) in [5, 5.41) is 3.11. The van der Waals surface area contributed by atoms with Crippen LogP contribution in [0.25, 0.3) is 0 Å². The van der Waals surface area contributed by atoms with Crippen LogP contribution in [0.4, 0.5) is 4.79 Å². The number of piperidine rings is 2. The Morgan fingerprint density at radius 3 is 2.66 bits per heavy atom. The number of amides is 2. The molecule has 2 fully saturated rings. The monoisotopic (exact) mass is 401 g/mol. The van der Waals surface area contributed by atoms with Crippen molar-refractivity contribution in [2.75, 3.05) is 26.2 Å². The van der Waals surface area contributed by atoms with Crippen LogP contribution >= 0.6 is 0 Å². The van der Waals surface area contributed by atoms with Crippen molar-refractivity contribution in [1.29, 1.82) is 0 Å². The smallest absolute Gasteiger partial charge is 0.409 e. The molecule has 2 heterocycles. The molecule has 2 aliphatic heterocycles. The molecule has 2 atom stereocenters. The largest absolute Gasteiger partial charge is 0.450 e. The van der Waals surface area contributed by atoms with Gasteiger partial charge in [-0.15, -0.1) is 0 Å². The fourth-order valence-electron chi connectivity index (χ4n) is 4.39. The van der Waals surface area contributed by atoms with Crippen LogP contribution in [-0.2, 0) is 22.6 Å². The minimum absolute atomic E-state index is 0.0279. The lowest BCUT2D eigenvalue weighted by Gasteiger charge is -2.34. The van der Waals surface area contributed by atoms with Gasteiger partial charge in [-0.2, -0.15) is 0 Å². The third-order valence-corrected chi connectivity index (χ3v) is 6.20. The number of nitrogens with one attached hydrogen (secondary N) is 1. The lowest BCUT2D eigenvalue weighted by atomic mass is 9.97. The maximum Gasteiger partial charge on any atom is 0.409 e. The average Bonchev–Trinajstić information content (AvgIpc) is 2.75. The first-order valence-corrected chi connectivity index (χ1v) is 11.1. The van der Waals surface area contributed by atoms with Gasteiger partial charge in [-0.25, -0.2) is 4.79 Å². The van der Waals surface area contributed by atoms with Gasteiger partial charge in [-0.05, 0) is 57.2 Å². The lowest BCUT2D eigenvalue weighted by molar-refractivity contribution is -0.126. The summed E-state index contributed by atoms with van der Waals surface area (Å²) >= 11 is 0. The van der Waals surface area contributed by atoms with E-state index in [-0.39, 0.29) is 17.9 Å². The first-order chi connectivity index (χ1) is 14.1. The Morgan fingerprint density at radius 1 is 1.10 bits per heavy atom. The number of carbonyl (C=O) groups is 2. The molecule has 1 N–H and O–H groups in total. The van der Waals surface area contributed by atoms with Gasteiger partial charge in [0.1, 0.15) is 0 Å². The third kappa shape index (κ3) is 5.95. The van der Waals surface area contributed by atoms with E-state index in [1.165, 1.54) is 30.4 Å². The van der Waals surface area contributed by atoms with Crippen LogP contribution in [0.1, 0.15) is 57.1 Å². The topological polar surface area (TPSA) is 61.9 Å². The summed E-state index contributed by atoms with van der Waals surface area (Å²) in [4.78, 5) is 28.9. The molecule has 2 aliphatic rings. The van der Waals surface area contributed by atoms with Gasteiger partial charge < -0.3 is 15.0 Å². The van der Waals surface area contributed by atoms with E-state index in [4.69, 9.17) is 4.74 Å². The van der Waals surface area contributed by atoms with Gasteiger partial charge >= 0.3 is 6.09 Å². The second kappa shape index (κ2) is 10.6. The van der Waals surface area contributed by atoms with Crippen molar-refractivity contribution in [2.24, 2.45) is 5.92 Å². The summed E-state index contributed by atoms with van der Waals surface area (Å²) in [7, 11) is 0. The van der Waals surface area contributed by atoms with E-state index in [0.717, 1.165) is 25.9 Å². The highest BCUT2D eigenvalue weighted by atomic mass is 16.6. The van der Waals surface area contributed by atoms with E-state index >= 15 is 0 Å². The van der Waals surface area contributed by atoms with Gasteiger partial charge in [0.25, 0.3) is 0 Å². The highest BCUT2D eigenvalue weighted by Crippen LogP contribution is 2.21. The Morgan fingerprint density at radius 2 is 1.90 bits per heavy atom. The van der Waals surface area contributed by atoms with Crippen molar-refractivity contribution in [2.45, 2.75) is 65.1 Å². The second-order valence-electron chi connectivity index (χ2n) is 8.29. The quantitative estimate of drug-likeness (QED) is 0.792. The molecule has 0 aliphatic carbocycles. The van der Waals surface area contributed by atoms with Crippen LogP contribution < -0.4 is 5.32 Å². The third-order valence-electron chi connectivity index (χ3n) is 6.20. The average molecular weight is 402 g/mol. The van der Waals surface area contributed by atoms with Crippen LogP contribution in [0, 0.1) is 5.92 Å². The highest BCUT2D eigenvalue weighted by molar-refractivity contribution is 5.80. The molecule has 0 bridgehead atoms. The van der Waals surface area contributed by atoms with E-state index in [2.05, 4.69) is 35.3 Å². The fourth-order valence-corrected chi connectivity index (χ4v) is 4.39. The number of ether oxygens (including phenoxy) is 1. The maximum atomic E-state index is 12.8. The summed E-state index contributed by atoms with van der Waals surface area (Å²) < 4.78 is 5.09. The lowest BCUT2D eigenvalue weighted by Crippen LogP contribution is -2.45. The molecule has 1 aromatic carbocycles. The normalized spacial score (nSPS) is 22.9. The first-order valence-electron chi connectivity index (χ1n) is 11.1. The molecule has 160 valence electrons. The number of benzene rings is 1. The van der Waals surface area contributed by atoms with E-state index in [1.807, 2.05) is 6.07 Å². The SMILES string of the molecule is CCOC(=O)N1CCC[C@@H](C(=O)NCc2ccccc2CN2CCCC[C@H]2C)C1. The van der Waals surface area contributed by atoms with Crippen LogP contribution in [0.2, 0.25) is 0 Å². The number of rotatable bonds is 6. The number of hydrogen-bond donors (Lipinski definition) is 1. The number of hydrogen-bond acceptors (Lipinski definition) is 4. The molecule has 0 spiro atoms. The Kier molecular flexibility index (Phi) is 7.92. The van der Waals surface area contributed by atoms with Crippen molar-refractivity contribution in [3.8, 4) is 0 Å². The molecule has 3 rings (SSSR count). The first kappa shape index (κ1) is 21.6. The van der Waals surface area contributed by atoms with Crippen molar-refractivity contribution in [3.05, 3.63) is 35.4 Å². The highest BCUT2D eigenvalue weighted by Gasteiger charge is 2.29. The van der Waals surface area contributed by atoms with E-state index in [1.54, 1.807) is 11.8 Å². The Labute approximate surface area is 174 Å². The molecular formula is C23H35N3O3. The number of carbonyl (C=O) groups excluding carboxylic acids is 2. The molecule has 0 unspecified atom stereocenters. The minimum Gasteiger partial charge on any atom is -0.450 e. The van der Waals surface area contributed by atoms with Crippen LogP contribution in [0.5, 0.6) is 0 Å². The molecule has 6 heteroatoms. The molecule has 2 saturated heterocycles. The van der Waals surface area contributed by atoms with Gasteiger partial charge in [0.05, 0.1) is 12.5 Å². The van der Waals surface area contributed by atoms with Crippen molar-refractivity contribution in [1.82, 2.24) is 15.1 Å². The fraction of sp³-hybridized carbons (Fsp3) is 0.652. The van der Waals surface area contributed by atoms with Gasteiger partial charge in [0.2, 0.25) is 5.91 Å². The summed E-state index contributed by atoms with van der Waals surface area (Å²) in [5.41, 5.74) is 2.47. The van der Waals surface area contributed by atoms with Crippen LogP contribution in [-0.4, -0.2) is 54.1 Å². The summed E-state index contributed by atoms with van der Waals surface area (Å²) in [6.45, 7) is 8.19. The van der Waals surface area contributed by atoms with Crippen molar-refractivity contribution >= 4 is 12.0 Å². The molecule has 2 amide bonds. The second-order valence-corrected chi connectivity index (χ2v) is 8.29. The molecule has 0 aromatic heterocycles. The predicted octanol–water partition coefficient (Wildman–Crippen LogP) is 3.55. The van der Waals surface area contributed by atoms with E-state index in [0.29, 0.717) is 32.3 Å². The summed E-state index contributed by atoms with van der Waals surface area (Å²) in [6, 6.07) is 9.01. The van der Waals surface area contributed by atoms with Crippen LogP contribution in [0.15, 0.2) is 24.3 Å². The molecule has 6 nitrogen and oxygen atoms in total. The van der Waals surface area contributed by atoms with Crippen LogP contribution in [0.3, 0.4) is 0 Å². The van der Waals surface area contributed by atoms with Gasteiger partial charge in [-0.3, -0.25) is 9.69 Å². The molecule has 1 aromatic rings. The molecule has 29 heavy (non-hydrogen) atoms. The molecular weight excluding hydrogens is 366 g/mol. The van der Waals surface area contributed by atoms with Gasteiger partial charge in [0.15, 0.2) is 0 Å². The maximum absolute atomic E-state index is 12.8. The van der Waals surface area contributed by atoms with E-state index < -0.39 is 0 Å². The zero-order chi connectivity index (χ0) is 20.6. The Bertz CT molecular complexity index is 694. The Balaban J connectivity index is 1.55. The summed E-state index contributed by atoms with van der Waals surface area (Å²) in [5.74, 6) is -0.137. The van der Waals surface area contributed by atoms with Crippen molar-refractivity contribution < 1.29 is 14.3 Å². The zero-order valence-corrected chi connectivity index (χ0v) is 17.9. The Hall–Kier alpha value is -2.08. The minimum atomic E-state index is -0.314. The van der Waals surface area contributed by atoms with Crippen molar-refractivity contribution in [3.63, 3.8) is 0 Å². The van der Waals surface area contributed by atoms with Gasteiger partial charge in [0, 0.05) is 32.2 Å². The molecule has 0 radical (unpaired) electrons. The van der Waals surface area contributed by atoms with E-state index in [9.17, 15) is 9.59 Å². The summed E-state index contributed by atoms with van der Waals surface area (Å²) in [6.07, 6.45) is 5.18. The predicted molar refractivity (Wildman–Crippen MR) is 113 cm³/mol. The standard InChI is InChI=1S/C23H35N3O3/c1-3-29-23(28)26-14-8-12-21(17-26)22(27)24-15-19-10-4-5-11-20(19)16-25-13-7-6-9-18(25)2/h4-5,10-11,18,21H,3,6-9,12-17H2,1-2H3,(H,24,27)/t18-,21-/m1/s1. The zero-order valence-electron chi connectivity index (χ0n) is 17.9.